The molecule has 170 valence electrons. The lowest BCUT2D eigenvalue weighted by Gasteiger charge is -2.48. The minimum atomic E-state index is -0.631. The third kappa shape index (κ3) is 4.38. The van der Waals surface area contributed by atoms with Crippen LogP contribution in [0.15, 0.2) is 54.0 Å². The smallest absolute Gasteiger partial charge is 0.282 e. The molecule has 2 fully saturated rings. The quantitative estimate of drug-likeness (QED) is 0.589. The van der Waals surface area contributed by atoms with E-state index in [1.54, 1.807) is 40.7 Å². The third-order valence-corrected chi connectivity index (χ3v) is 7.02. The maximum atomic E-state index is 14.0. The number of aromatic nitrogens is 1. The molecule has 0 unspecified atom stereocenters. The molecule has 9 heteroatoms. The summed E-state index contributed by atoms with van der Waals surface area (Å²) in [5, 5.41) is 2.33. The number of carbonyl (C=O) groups excluding carboxylic acids is 2. The van der Waals surface area contributed by atoms with Crippen LogP contribution < -0.4 is 0 Å². The SMILES string of the molecule is O=C(c1ccc(-c2ccc(F)cc2F)cc1)N1CC(N2CCN(C(=O)c3nccs3)CC2)C1. The highest BCUT2D eigenvalue weighted by Crippen LogP contribution is 2.25. The van der Waals surface area contributed by atoms with E-state index in [0.29, 0.717) is 53.9 Å². The number of amides is 2. The minimum Gasteiger partial charge on any atom is -0.335 e. The molecular formula is C24H22F2N4O2S. The van der Waals surface area contributed by atoms with Gasteiger partial charge < -0.3 is 9.80 Å². The van der Waals surface area contributed by atoms with E-state index in [9.17, 15) is 18.4 Å². The van der Waals surface area contributed by atoms with Crippen LogP contribution in [-0.4, -0.2) is 76.8 Å². The van der Waals surface area contributed by atoms with Crippen molar-refractivity contribution in [2.45, 2.75) is 6.04 Å². The van der Waals surface area contributed by atoms with Crippen molar-refractivity contribution < 1.29 is 18.4 Å². The predicted molar refractivity (Wildman–Crippen MR) is 121 cm³/mol. The Labute approximate surface area is 194 Å². The van der Waals surface area contributed by atoms with Crippen LogP contribution in [0, 0.1) is 11.6 Å². The van der Waals surface area contributed by atoms with E-state index < -0.39 is 11.6 Å². The van der Waals surface area contributed by atoms with E-state index in [2.05, 4.69) is 9.88 Å². The first-order valence-electron chi connectivity index (χ1n) is 10.8. The molecule has 0 radical (unpaired) electrons. The topological polar surface area (TPSA) is 56.8 Å². The van der Waals surface area contributed by atoms with Crippen molar-refractivity contribution in [2.24, 2.45) is 0 Å². The molecule has 2 aromatic carbocycles. The van der Waals surface area contributed by atoms with Gasteiger partial charge in [-0.15, -0.1) is 11.3 Å². The summed E-state index contributed by atoms with van der Waals surface area (Å²) >= 11 is 1.36. The van der Waals surface area contributed by atoms with Gasteiger partial charge in [-0.25, -0.2) is 13.8 Å². The molecule has 0 spiro atoms. The highest BCUT2D eigenvalue weighted by atomic mass is 32.1. The molecule has 2 amide bonds. The van der Waals surface area contributed by atoms with Crippen molar-refractivity contribution in [3.05, 3.63) is 76.2 Å². The fourth-order valence-corrected chi connectivity index (χ4v) is 4.91. The number of halogens is 2. The normalized spacial score (nSPS) is 17.2. The second-order valence-corrected chi connectivity index (χ2v) is 9.13. The van der Waals surface area contributed by atoms with Crippen molar-refractivity contribution in [1.29, 1.82) is 0 Å². The monoisotopic (exact) mass is 468 g/mol. The van der Waals surface area contributed by atoms with Gasteiger partial charge in [-0.1, -0.05) is 12.1 Å². The van der Waals surface area contributed by atoms with E-state index in [-0.39, 0.29) is 11.8 Å². The van der Waals surface area contributed by atoms with Crippen LogP contribution in [0.3, 0.4) is 0 Å². The summed E-state index contributed by atoms with van der Waals surface area (Å²) in [6, 6.07) is 10.5. The lowest BCUT2D eigenvalue weighted by atomic mass is 10.0. The predicted octanol–water partition coefficient (Wildman–Crippen LogP) is 3.37. The van der Waals surface area contributed by atoms with E-state index >= 15 is 0 Å². The number of piperazine rings is 1. The summed E-state index contributed by atoms with van der Waals surface area (Å²) in [6.07, 6.45) is 1.64. The average molecular weight is 469 g/mol. The third-order valence-electron chi connectivity index (χ3n) is 6.26. The number of hydrogen-bond donors (Lipinski definition) is 0. The number of thiazole rings is 1. The van der Waals surface area contributed by atoms with Crippen LogP contribution in [0.2, 0.25) is 0 Å². The van der Waals surface area contributed by atoms with Crippen LogP contribution in [-0.2, 0) is 0 Å². The molecule has 2 aliphatic heterocycles. The largest absolute Gasteiger partial charge is 0.335 e. The van der Waals surface area contributed by atoms with Gasteiger partial charge in [-0.05, 0) is 29.8 Å². The number of likely N-dealkylation sites (tertiary alicyclic amines) is 1. The lowest BCUT2D eigenvalue weighted by Crippen LogP contribution is -2.64. The van der Waals surface area contributed by atoms with Gasteiger partial charge in [0.1, 0.15) is 11.6 Å². The molecule has 0 aliphatic carbocycles. The molecule has 0 atom stereocenters. The number of carbonyl (C=O) groups is 2. The summed E-state index contributed by atoms with van der Waals surface area (Å²) < 4.78 is 27.1. The summed E-state index contributed by atoms with van der Waals surface area (Å²) in [5.41, 5.74) is 1.43. The molecule has 0 bridgehead atoms. The van der Waals surface area contributed by atoms with Gasteiger partial charge >= 0.3 is 0 Å². The first-order chi connectivity index (χ1) is 16.0. The summed E-state index contributed by atoms with van der Waals surface area (Å²) in [5.74, 6) is -1.33. The molecule has 0 saturated carbocycles. The Morgan fingerprint density at radius 3 is 2.27 bits per heavy atom. The zero-order valence-corrected chi connectivity index (χ0v) is 18.6. The zero-order chi connectivity index (χ0) is 22.9. The van der Waals surface area contributed by atoms with Gasteiger partial charge in [0, 0.05) is 74.1 Å². The second-order valence-electron chi connectivity index (χ2n) is 8.23. The number of nitrogens with zero attached hydrogens (tertiary/aromatic N) is 4. The van der Waals surface area contributed by atoms with E-state index in [1.165, 1.54) is 23.5 Å². The Morgan fingerprint density at radius 2 is 1.64 bits per heavy atom. The molecule has 5 rings (SSSR count). The number of benzene rings is 2. The minimum absolute atomic E-state index is 0.0148. The lowest BCUT2D eigenvalue weighted by molar-refractivity contribution is 0.00853. The van der Waals surface area contributed by atoms with Crippen LogP contribution in [0.1, 0.15) is 20.2 Å². The molecule has 3 aromatic rings. The van der Waals surface area contributed by atoms with Gasteiger partial charge in [0.05, 0.1) is 0 Å². The molecule has 0 N–H and O–H groups in total. The second kappa shape index (κ2) is 8.99. The zero-order valence-electron chi connectivity index (χ0n) is 17.8. The van der Waals surface area contributed by atoms with Crippen molar-refractivity contribution in [3.63, 3.8) is 0 Å². The van der Waals surface area contributed by atoms with Crippen molar-refractivity contribution in [2.75, 3.05) is 39.3 Å². The number of rotatable bonds is 4. The molecule has 3 heterocycles. The van der Waals surface area contributed by atoms with Crippen LogP contribution in [0.25, 0.3) is 11.1 Å². The first kappa shape index (κ1) is 21.7. The number of hydrogen-bond acceptors (Lipinski definition) is 5. The maximum Gasteiger partial charge on any atom is 0.282 e. The van der Waals surface area contributed by atoms with Crippen molar-refractivity contribution in [3.8, 4) is 11.1 Å². The fraction of sp³-hybridized carbons (Fsp3) is 0.292. The Bertz CT molecular complexity index is 1160. The summed E-state index contributed by atoms with van der Waals surface area (Å²) in [7, 11) is 0. The summed E-state index contributed by atoms with van der Waals surface area (Å²) in [4.78, 5) is 35.3. The van der Waals surface area contributed by atoms with Crippen molar-refractivity contribution >= 4 is 23.2 Å². The van der Waals surface area contributed by atoms with Crippen LogP contribution in [0.4, 0.5) is 8.78 Å². The molecule has 6 nitrogen and oxygen atoms in total. The highest BCUT2D eigenvalue weighted by Gasteiger charge is 2.37. The van der Waals surface area contributed by atoms with Gasteiger partial charge in [0.25, 0.3) is 11.8 Å². The van der Waals surface area contributed by atoms with Crippen molar-refractivity contribution in [1.82, 2.24) is 19.7 Å². The average Bonchev–Trinajstić information content (AvgIpc) is 3.33. The molecule has 2 saturated heterocycles. The molecular weight excluding hydrogens is 446 g/mol. The summed E-state index contributed by atoms with van der Waals surface area (Å²) in [6.45, 7) is 4.17. The van der Waals surface area contributed by atoms with Gasteiger partial charge in [0.15, 0.2) is 5.01 Å². The highest BCUT2D eigenvalue weighted by molar-refractivity contribution is 7.11. The fourth-order valence-electron chi connectivity index (χ4n) is 4.31. The van der Waals surface area contributed by atoms with Gasteiger partial charge in [-0.3, -0.25) is 14.5 Å². The Hall–Kier alpha value is -3.17. The van der Waals surface area contributed by atoms with E-state index in [4.69, 9.17) is 0 Å². The Morgan fingerprint density at radius 1 is 0.909 bits per heavy atom. The van der Waals surface area contributed by atoms with Gasteiger partial charge in [0.2, 0.25) is 0 Å². The Balaban J connectivity index is 1.13. The first-order valence-corrected chi connectivity index (χ1v) is 11.6. The van der Waals surface area contributed by atoms with Gasteiger partial charge in [-0.2, -0.15) is 0 Å². The van der Waals surface area contributed by atoms with Crippen LogP contribution >= 0.6 is 11.3 Å². The molecule has 2 aliphatic rings. The molecule has 33 heavy (non-hydrogen) atoms. The molecule has 1 aromatic heterocycles. The Kier molecular flexibility index (Phi) is 5.90. The standard InChI is InChI=1S/C24H22F2N4O2S/c25-18-5-6-20(21(26)13-18)16-1-3-17(4-2-16)23(31)30-14-19(15-30)28-8-10-29(11-9-28)24(32)22-27-7-12-33-22/h1-7,12-13,19H,8-11,14-15H2. The maximum absolute atomic E-state index is 14.0. The van der Waals surface area contributed by atoms with Crippen LogP contribution in [0.5, 0.6) is 0 Å². The van der Waals surface area contributed by atoms with E-state index in [1.807, 2.05) is 4.90 Å². The van der Waals surface area contributed by atoms with E-state index in [0.717, 1.165) is 19.2 Å².